The number of unbranched alkanes of at least 4 members (excludes halogenated alkanes) is 1. The van der Waals surface area contributed by atoms with E-state index >= 15 is 0 Å². The molecule has 98 valence electrons. The van der Waals surface area contributed by atoms with Crippen molar-refractivity contribution in [2.24, 2.45) is 11.7 Å². The van der Waals surface area contributed by atoms with E-state index in [1.165, 1.54) is 24.3 Å². The number of rotatable bonds is 7. The molecule has 3 nitrogen and oxygen atoms in total. The van der Waals surface area contributed by atoms with E-state index in [1.807, 2.05) is 11.8 Å². The number of thioether (sulfide) groups is 1. The van der Waals surface area contributed by atoms with E-state index in [2.05, 4.69) is 5.32 Å². The molecule has 0 radical (unpaired) electrons. The second-order valence-electron chi connectivity index (χ2n) is 4.53. The number of carbonyl (C=O) groups is 1. The van der Waals surface area contributed by atoms with Gasteiger partial charge in [-0.2, -0.15) is 11.8 Å². The Bertz CT molecular complexity index is 253. The van der Waals surface area contributed by atoms with E-state index in [9.17, 15) is 4.79 Å². The molecule has 1 fully saturated rings. The molecule has 1 heterocycles. The van der Waals surface area contributed by atoms with Crippen LogP contribution in [0.4, 0.5) is 0 Å². The topological polar surface area (TPSA) is 55.1 Å². The molecule has 0 spiro atoms. The molecule has 1 rings (SSSR count). The lowest BCUT2D eigenvalue weighted by molar-refractivity contribution is -0.122. The van der Waals surface area contributed by atoms with E-state index in [4.69, 9.17) is 18.0 Å². The van der Waals surface area contributed by atoms with Gasteiger partial charge < -0.3 is 11.1 Å². The Morgan fingerprint density at radius 1 is 1.35 bits per heavy atom. The molecule has 3 N–H and O–H groups in total. The van der Waals surface area contributed by atoms with E-state index in [-0.39, 0.29) is 5.91 Å². The summed E-state index contributed by atoms with van der Waals surface area (Å²) in [5, 5.41) is 2.97. The van der Waals surface area contributed by atoms with Crippen LogP contribution in [-0.2, 0) is 4.79 Å². The van der Waals surface area contributed by atoms with Gasteiger partial charge in [-0.15, -0.1) is 0 Å². The summed E-state index contributed by atoms with van der Waals surface area (Å²) in [6.45, 7) is 0.753. The summed E-state index contributed by atoms with van der Waals surface area (Å²) in [5.74, 6) is 3.24. The Hall–Kier alpha value is -0.290. The maximum absolute atomic E-state index is 11.6. The SMILES string of the molecule is NC(=S)CCCCNC(=O)CC1CCSCC1. The molecule has 5 heteroatoms. The van der Waals surface area contributed by atoms with Crippen LogP contribution in [0.3, 0.4) is 0 Å². The Labute approximate surface area is 113 Å². The fourth-order valence-electron chi connectivity index (χ4n) is 1.94. The number of hydrogen-bond donors (Lipinski definition) is 2. The van der Waals surface area contributed by atoms with Gasteiger partial charge in [0.15, 0.2) is 0 Å². The lowest BCUT2D eigenvalue weighted by Crippen LogP contribution is -2.27. The van der Waals surface area contributed by atoms with Crippen LogP contribution in [0.5, 0.6) is 0 Å². The van der Waals surface area contributed by atoms with Gasteiger partial charge in [0, 0.05) is 13.0 Å². The summed E-state index contributed by atoms with van der Waals surface area (Å²) in [6, 6.07) is 0. The molecule has 0 unspecified atom stereocenters. The molecule has 0 bridgehead atoms. The molecule has 17 heavy (non-hydrogen) atoms. The van der Waals surface area contributed by atoms with Crippen LogP contribution in [0.2, 0.25) is 0 Å². The molecule has 0 atom stereocenters. The minimum absolute atomic E-state index is 0.206. The maximum atomic E-state index is 11.6. The average molecular weight is 274 g/mol. The van der Waals surface area contributed by atoms with Crippen LogP contribution < -0.4 is 11.1 Å². The van der Waals surface area contributed by atoms with E-state index < -0.39 is 0 Å². The highest BCUT2D eigenvalue weighted by Gasteiger charge is 2.16. The van der Waals surface area contributed by atoms with Crippen LogP contribution in [0.1, 0.15) is 38.5 Å². The number of thiocarbonyl (C=S) groups is 1. The zero-order valence-corrected chi connectivity index (χ0v) is 11.9. The van der Waals surface area contributed by atoms with Gasteiger partial charge in [-0.3, -0.25) is 4.79 Å². The second-order valence-corrected chi connectivity index (χ2v) is 6.28. The van der Waals surface area contributed by atoms with Crippen molar-refractivity contribution in [2.75, 3.05) is 18.1 Å². The van der Waals surface area contributed by atoms with Crippen molar-refractivity contribution in [3.05, 3.63) is 0 Å². The van der Waals surface area contributed by atoms with Crippen LogP contribution in [0.15, 0.2) is 0 Å². The summed E-state index contributed by atoms with van der Waals surface area (Å²) in [5.41, 5.74) is 5.40. The molecule has 0 aromatic rings. The van der Waals surface area contributed by atoms with Crippen molar-refractivity contribution < 1.29 is 4.79 Å². The molecule has 1 amide bonds. The minimum atomic E-state index is 0.206. The third-order valence-corrected chi connectivity index (χ3v) is 4.24. The van der Waals surface area contributed by atoms with Crippen molar-refractivity contribution in [3.63, 3.8) is 0 Å². The van der Waals surface area contributed by atoms with Crippen LogP contribution in [0, 0.1) is 5.92 Å². The predicted molar refractivity (Wildman–Crippen MR) is 78.3 cm³/mol. The van der Waals surface area contributed by atoms with Gasteiger partial charge in [0.2, 0.25) is 5.91 Å². The number of amides is 1. The monoisotopic (exact) mass is 274 g/mol. The highest BCUT2D eigenvalue weighted by molar-refractivity contribution is 7.99. The van der Waals surface area contributed by atoms with Crippen LogP contribution >= 0.6 is 24.0 Å². The fourth-order valence-corrected chi connectivity index (χ4v) is 3.29. The number of carbonyl (C=O) groups excluding carboxylic acids is 1. The molecule has 0 aliphatic carbocycles. The quantitative estimate of drug-likeness (QED) is 0.551. The van der Waals surface area contributed by atoms with Crippen LogP contribution in [-0.4, -0.2) is 28.9 Å². The molecule has 1 saturated heterocycles. The molecule has 1 aliphatic rings. The third kappa shape index (κ3) is 7.60. The smallest absolute Gasteiger partial charge is 0.220 e. The van der Waals surface area contributed by atoms with Crippen molar-refractivity contribution >= 4 is 34.9 Å². The molecular weight excluding hydrogens is 252 g/mol. The summed E-state index contributed by atoms with van der Waals surface area (Å²) in [6.07, 6.45) is 5.80. The predicted octanol–water partition coefficient (Wildman–Crippen LogP) is 2.09. The van der Waals surface area contributed by atoms with Gasteiger partial charge in [0.25, 0.3) is 0 Å². The average Bonchev–Trinajstić information content (AvgIpc) is 2.29. The van der Waals surface area contributed by atoms with E-state index in [1.54, 1.807) is 0 Å². The Morgan fingerprint density at radius 2 is 2.06 bits per heavy atom. The lowest BCUT2D eigenvalue weighted by Gasteiger charge is -2.20. The fraction of sp³-hybridized carbons (Fsp3) is 0.833. The zero-order valence-electron chi connectivity index (χ0n) is 10.2. The molecule has 1 aliphatic heterocycles. The van der Waals surface area contributed by atoms with Crippen molar-refractivity contribution in [1.82, 2.24) is 5.32 Å². The highest BCUT2D eigenvalue weighted by Crippen LogP contribution is 2.24. The Balaban J connectivity index is 1.98. The van der Waals surface area contributed by atoms with Gasteiger partial charge >= 0.3 is 0 Å². The van der Waals surface area contributed by atoms with Crippen LogP contribution in [0.25, 0.3) is 0 Å². The highest BCUT2D eigenvalue weighted by atomic mass is 32.2. The van der Waals surface area contributed by atoms with Crippen molar-refractivity contribution in [2.45, 2.75) is 38.5 Å². The minimum Gasteiger partial charge on any atom is -0.393 e. The second kappa shape index (κ2) is 8.75. The Morgan fingerprint density at radius 3 is 2.71 bits per heavy atom. The first-order chi connectivity index (χ1) is 8.18. The van der Waals surface area contributed by atoms with E-state index in [0.29, 0.717) is 17.3 Å². The molecule has 0 saturated carbocycles. The van der Waals surface area contributed by atoms with Crippen molar-refractivity contribution in [3.8, 4) is 0 Å². The number of nitrogens with two attached hydrogens (primary N) is 1. The first-order valence-corrected chi connectivity index (χ1v) is 7.87. The summed E-state index contributed by atoms with van der Waals surface area (Å²) in [7, 11) is 0. The summed E-state index contributed by atoms with van der Waals surface area (Å²) < 4.78 is 0. The first-order valence-electron chi connectivity index (χ1n) is 6.31. The standard InChI is InChI=1S/C12H22N2OS2/c13-11(16)3-1-2-6-14-12(15)9-10-4-7-17-8-5-10/h10H,1-9H2,(H2,13,16)(H,14,15). The number of hydrogen-bond acceptors (Lipinski definition) is 3. The number of nitrogens with one attached hydrogen (secondary N) is 1. The first kappa shape index (κ1) is 14.8. The maximum Gasteiger partial charge on any atom is 0.220 e. The van der Waals surface area contributed by atoms with E-state index in [0.717, 1.165) is 25.8 Å². The van der Waals surface area contributed by atoms with Gasteiger partial charge in [-0.1, -0.05) is 12.2 Å². The Kier molecular flexibility index (Phi) is 7.60. The summed E-state index contributed by atoms with van der Waals surface area (Å²) in [4.78, 5) is 12.2. The summed E-state index contributed by atoms with van der Waals surface area (Å²) >= 11 is 6.79. The molecule has 0 aromatic carbocycles. The third-order valence-electron chi connectivity index (χ3n) is 2.99. The van der Waals surface area contributed by atoms with Gasteiger partial charge in [0.1, 0.15) is 0 Å². The normalized spacial score (nSPS) is 16.7. The molecule has 0 aromatic heterocycles. The largest absolute Gasteiger partial charge is 0.393 e. The van der Waals surface area contributed by atoms with Gasteiger partial charge in [0.05, 0.1) is 4.99 Å². The lowest BCUT2D eigenvalue weighted by atomic mass is 9.98. The van der Waals surface area contributed by atoms with Gasteiger partial charge in [-0.05, 0) is 49.5 Å². The van der Waals surface area contributed by atoms with Gasteiger partial charge in [-0.25, -0.2) is 0 Å². The molecular formula is C12H22N2OS2. The zero-order chi connectivity index (χ0) is 12.5. The van der Waals surface area contributed by atoms with Crippen molar-refractivity contribution in [1.29, 1.82) is 0 Å².